The highest BCUT2D eigenvalue weighted by Gasteiger charge is 2.21. The second-order valence-corrected chi connectivity index (χ2v) is 7.34. The van der Waals surface area contributed by atoms with Crippen molar-refractivity contribution in [3.05, 3.63) is 34.9 Å². The number of guanidine groups is 1. The maximum atomic E-state index is 6.00. The van der Waals surface area contributed by atoms with Gasteiger partial charge in [-0.25, -0.2) is 0 Å². The predicted octanol–water partition coefficient (Wildman–Crippen LogP) is 2.88. The molecule has 1 aliphatic carbocycles. The first-order chi connectivity index (χ1) is 12.0. The summed E-state index contributed by atoms with van der Waals surface area (Å²) < 4.78 is 5.72. The van der Waals surface area contributed by atoms with E-state index in [0.29, 0.717) is 0 Å². The van der Waals surface area contributed by atoms with Crippen LogP contribution in [-0.2, 0) is 4.74 Å². The first-order valence-corrected chi connectivity index (χ1v) is 9.30. The van der Waals surface area contributed by atoms with Crippen LogP contribution in [0.4, 0.5) is 0 Å². The van der Waals surface area contributed by atoms with Crippen molar-refractivity contribution in [1.82, 2.24) is 15.1 Å². The van der Waals surface area contributed by atoms with E-state index >= 15 is 0 Å². The highest BCUT2D eigenvalue weighted by molar-refractivity contribution is 6.30. The SMILES string of the molecule is CN=C(NCC(c1ccc(Cl)cc1)N(C)C)N(C)CCOCC1CC1. The van der Waals surface area contributed by atoms with Gasteiger partial charge in [-0.05, 0) is 50.6 Å². The monoisotopic (exact) mass is 366 g/mol. The summed E-state index contributed by atoms with van der Waals surface area (Å²) in [6.45, 7) is 3.25. The Morgan fingerprint density at radius 2 is 1.96 bits per heavy atom. The van der Waals surface area contributed by atoms with Gasteiger partial charge in [-0.1, -0.05) is 23.7 Å². The van der Waals surface area contributed by atoms with E-state index in [1.807, 2.05) is 26.2 Å². The molecular formula is C19H31ClN4O. The molecule has 1 aliphatic rings. The van der Waals surface area contributed by atoms with Crippen LogP contribution >= 0.6 is 11.6 Å². The van der Waals surface area contributed by atoms with Crippen molar-refractivity contribution in [2.24, 2.45) is 10.9 Å². The summed E-state index contributed by atoms with van der Waals surface area (Å²) in [7, 11) is 8.03. The van der Waals surface area contributed by atoms with Crippen molar-refractivity contribution >= 4 is 17.6 Å². The van der Waals surface area contributed by atoms with E-state index in [1.54, 1.807) is 0 Å². The fraction of sp³-hybridized carbons (Fsp3) is 0.632. The van der Waals surface area contributed by atoms with Gasteiger partial charge in [0.1, 0.15) is 0 Å². The highest BCUT2D eigenvalue weighted by Crippen LogP contribution is 2.28. The smallest absolute Gasteiger partial charge is 0.193 e. The molecule has 2 rings (SSSR count). The second kappa shape index (κ2) is 10.00. The van der Waals surface area contributed by atoms with Gasteiger partial charge in [-0.3, -0.25) is 4.99 Å². The minimum absolute atomic E-state index is 0.244. The van der Waals surface area contributed by atoms with Crippen molar-refractivity contribution in [3.63, 3.8) is 0 Å². The molecule has 1 atom stereocenters. The first-order valence-electron chi connectivity index (χ1n) is 8.92. The quantitative estimate of drug-likeness (QED) is 0.414. The Bertz CT molecular complexity index is 543. The standard InChI is InChI=1S/C19H31ClN4O/c1-21-19(24(4)11-12-25-14-15-5-6-15)22-13-18(23(2)3)16-7-9-17(20)10-8-16/h7-10,15,18H,5-6,11-14H2,1-4H3,(H,21,22). The molecule has 0 amide bonds. The van der Waals surface area contributed by atoms with Gasteiger partial charge in [0, 0.05) is 38.8 Å². The largest absolute Gasteiger partial charge is 0.379 e. The number of nitrogens with one attached hydrogen (secondary N) is 1. The zero-order chi connectivity index (χ0) is 18.2. The molecule has 0 spiro atoms. The molecule has 0 radical (unpaired) electrons. The van der Waals surface area contributed by atoms with Crippen LogP contribution in [0.2, 0.25) is 5.02 Å². The number of likely N-dealkylation sites (N-methyl/N-ethyl adjacent to an activating group) is 2. The number of halogens is 1. The van der Waals surface area contributed by atoms with Gasteiger partial charge in [0.05, 0.1) is 12.6 Å². The van der Waals surface area contributed by atoms with Gasteiger partial charge in [0.15, 0.2) is 5.96 Å². The minimum Gasteiger partial charge on any atom is -0.379 e. The third kappa shape index (κ3) is 6.84. The lowest BCUT2D eigenvalue weighted by molar-refractivity contribution is 0.115. The summed E-state index contributed by atoms with van der Waals surface area (Å²) in [5.74, 6) is 1.69. The Balaban J connectivity index is 1.82. The number of ether oxygens (including phenoxy) is 1. The van der Waals surface area contributed by atoms with E-state index < -0.39 is 0 Å². The molecule has 1 aromatic rings. The fourth-order valence-corrected chi connectivity index (χ4v) is 2.82. The minimum atomic E-state index is 0.244. The number of nitrogens with zero attached hydrogens (tertiary/aromatic N) is 3. The van der Waals surface area contributed by atoms with Crippen LogP contribution in [0.3, 0.4) is 0 Å². The molecule has 1 unspecified atom stereocenters. The molecule has 0 bridgehead atoms. The first kappa shape index (κ1) is 20.0. The number of aliphatic imine (C=N–C) groups is 1. The highest BCUT2D eigenvalue weighted by atomic mass is 35.5. The van der Waals surface area contributed by atoms with Crippen LogP contribution in [0, 0.1) is 5.92 Å². The van der Waals surface area contributed by atoms with Crippen LogP contribution < -0.4 is 5.32 Å². The molecule has 0 aliphatic heterocycles. The second-order valence-electron chi connectivity index (χ2n) is 6.90. The normalized spacial score (nSPS) is 16.2. The van der Waals surface area contributed by atoms with Crippen LogP contribution in [0.1, 0.15) is 24.4 Å². The Morgan fingerprint density at radius 3 is 2.52 bits per heavy atom. The van der Waals surface area contributed by atoms with Crippen molar-refractivity contribution < 1.29 is 4.74 Å². The molecule has 0 heterocycles. The summed E-state index contributed by atoms with van der Waals surface area (Å²) in [5.41, 5.74) is 1.23. The lowest BCUT2D eigenvalue weighted by Gasteiger charge is -2.28. The average Bonchev–Trinajstić information content (AvgIpc) is 3.41. The van der Waals surface area contributed by atoms with Gasteiger partial charge < -0.3 is 19.9 Å². The van der Waals surface area contributed by atoms with E-state index in [2.05, 4.69) is 46.3 Å². The number of benzene rings is 1. The van der Waals surface area contributed by atoms with Crippen LogP contribution in [-0.4, -0.2) is 70.3 Å². The maximum absolute atomic E-state index is 6.00. The van der Waals surface area contributed by atoms with Crippen molar-refractivity contribution in [2.45, 2.75) is 18.9 Å². The molecule has 0 saturated heterocycles. The molecule has 6 heteroatoms. The van der Waals surface area contributed by atoms with Crippen molar-refractivity contribution in [2.75, 3.05) is 54.5 Å². The molecule has 1 fully saturated rings. The molecular weight excluding hydrogens is 336 g/mol. The Morgan fingerprint density at radius 1 is 1.28 bits per heavy atom. The summed E-state index contributed by atoms with van der Waals surface area (Å²) in [6.07, 6.45) is 2.66. The van der Waals surface area contributed by atoms with Crippen molar-refractivity contribution in [3.8, 4) is 0 Å². The summed E-state index contributed by atoms with van der Waals surface area (Å²) >= 11 is 6.00. The molecule has 25 heavy (non-hydrogen) atoms. The van der Waals surface area contributed by atoms with Gasteiger partial charge >= 0.3 is 0 Å². The Labute approximate surface area is 157 Å². The van der Waals surface area contributed by atoms with Gasteiger partial charge in [-0.2, -0.15) is 0 Å². The maximum Gasteiger partial charge on any atom is 0.193 e. The van der Waals surface area contributed by atoms with E-state index in [1.165, 1.54) is 18.4 Å². The number of hydrogen-bond acceptors (Lipinski definition) is 3. The van der Waals surface area contributed by atoms with E-state index in [9.17, 15) is 0 Å². The van der Waals surface area contributed by atoms with Gasteiger partial charge in [-0.15, -0.1) is 0 Å². The Kier molecular flexibility index (Phi) is 8.00. The zero-order valence-corrected chi connectivity index (χ0v) is 16.6. The van der Waals surface area contributed by atoms with E-state index in [-0.39, 0.29) is 6.04 Å². The molecule has 0 aromatic heterocycles. The van der Waals surface area contributed by atoms with Crippen LogP contribution in [0.15, 0.2) is 29.3 Å². The van der Waals surface area contributed by atoms with E-state index in [4.69, 9.17) is 16.3 Å². The summed E-state index contributed by atoms with van der Waals surface area (Å²) in [6, 6.07) is 8.27. The third-order valence-electron chi connectivity index (χ3n) is 4.53. The fourth-order valence-electron chi connectivity index (χ4n) is 2.70. The lowest BCUT2D eigenvalue weighted by Crippen LogP contribution is -2.43. The van der Waals surface area contributed by atoms with Crippen molar-refractivity contribution in [1.29, 1.82) is 0 Å². The molecule has 1 aromatic carbocycles. The topological polar surface area (TPSA) is 40.1 Å². The Hall–Kier alpha value is -1.30. The summed E-state index contributed by atoms with van der Waals surface area (Å²) in [4.78, 5) is 8.70. The zero-order valence-electron chi connectivity index (χ0n) is 15.8. The number of rotatable bonds is 9. The molecule has 1 N–H and O–H groups in total. The van der Waals surface area contributed by atoms with Crippen LogP contribution in [0.25, 0.3) is 0 Å². The van der Waals surface area contributed by atoms with Gasteiger partial charge in [0.25, 0.3) is 0 Å². The average molecular weight is 367 g/mol. The van der Waals surface area contributed by atoms with Gasteiger partial charge in [0.2, 0.25) is 0 Å². The lowest BCUT2D eigenvalue weighted by atomic mass is 10.1. The molecule has 5 nitrogen and oxygen atoms in total. The number of hydrogen-bond donors (Lipinski definition) is 1. The van der Waals surface area contributed by atoms with Crippen LogP contribution in [0.5, 0.6) is 0 Å². The van der Waals surface area contributed by atoms with E-state index in [0.717, 1.165) is 43.2 Å². The third-order valence-corrected chi connectivity index (χ3v) is 4.78. The molecule has 1 saturated carbocycles. The molecule has 140 valence electrons. The summed E-state index contributed by atoms with van der Waals surface area (Å²) in [5, 5.41) is 4.23. The predicted molar refractivity (Wildman–Crippen MR) is 105 cm³/mol.